The fourth-order valence-corrected chi connectivity index (χ4v) is 3.06. The van der Waals surface area contributed by atoms with E-state index < -0.39 is 0 Å². The fraction of sp³-hybridized carbons (Fsp3) is 0.556. The molecule has 5 nitrogen and oxygen atoms in total. The van der Waals surface area contributed by atoms with Gasteiger partial charge in [0.1, 0.15) is 0 Å². The number of nitrogens with one attached hydrogen (secondary N) is 1. The number of hydrogen-bond acceptors (Lipinski definition) is 3. The number of hydrogen-bond donors (Lipinski definition) is 2. The zero-order chi connectivity index (χ0) is 16.7. The third-order valence-electron chi connectivity index (χ3n) is 4.45. The summed E-state index contributed by atoms with van der Waals surface area (Å²) in [5.74, 6) is -0.134. The number of nitrogens with two attached hydrogens (primary N) is 1. The van der Waals surface area contributed by atoms with Gasteiger partial charge in [-0.05, 0) is 31.7 Å². The van der Waals surface area contributed by atoms with Crippen LogP contribution in [0.25, 0.3) is 0 Å². The molecule has 0 heterocycles. The van der Waals surface area contributed by atoms with Crippen LogP contribution < -0.4 is 11.1 Å². The number of halogens is 1. The Morgan fingerprint density at radius 2 is 1.96 bits per heavy atom. The Morgan fingerprint density at radius 1 is 1.25 bits per heavy atom. The molecule has 0 aliphatic heterocycles. The second kappa shape index (κ2) is 10.3. The summed E-state index contributed by atoms with van der Waals surface area (Å²) in [4.78, 5) is 26.2. The van der Waals surface area contributed by atoms with Crippen molar-refractivity contribution in [2.75, 3.05) is 13.1 Å². The minimum atomic E-state index is -0.0511. The summed E-state index contributed by atoms with van der Waals surface area (Å²) < 4.78 is 0. The molecule has 134 valence electrons. The van der Waals surface area contributed by atoms with Crippen LogP contribution in [-0.4, -0.2) is 35.8 Å². The van der Waals surface area contributed by atoms with Crippen LogP contribution in [0.2, 0.25) is 0 Å². The third kappa shape index (κ3) is 6.13. The van der Waals surface area contributed by atoms with E-state index in [4.69, 9.17) is 5.73 Å². The standard InChI is InChI=1S/C18H27N3O2.ClH/c1-2-21(13-14-7-4-3-5-8-14)17(22)12-20-18(23)15-9-6-10-16(19)11-15;/h3-5,7-8,15-16H,2,6,9-13,19H2,1H3,(H,20,23);1H. The van der Waals surface area contributed by atoms with Crippen molar-refractivity contribution >= 4 is 24.2 Å². The topological polar surface area (TPSA) is 75.4 Å². The van der Waals surface area contributed by atoms with E-state index in [1.165, 1.54) is 0 Å². The van der Waals surface area contributed by atoms with Gasteiger partial charge in [-0.1, -0.05) is 36.8 Å². The van der Waals surface area contributed by atoms with E-state index in [0.717, 1.165) is 31.2 Å². The SMILES string of the molecule is CCN(Cc1ccccc1)C(=O)CNC(=O)C1CCCC(N)C1.Cl. The first-order valence-electron chi connectivity index (χ1n) is 8.45. The van der Waals surface area contributed by atoms with Gasteiger partial charge < -0.3 is 16.0 Å². The Hall–Kier alpha value is -1.59. The maximum Gasteiger partial charge on any atom is 0.242 e. The molecule has 24 heavy (non-hydrogen) atoms. The minimum Gasteiger partial charge on any atom is -0.347 e. The summed E-state index contributed by atoms with van der Waals surface area (Å²) in [5, 5.41) is 2.79. The van der Waals surface area contributed by atoms with Gasteiger partial charge in [0.05, 0.1) is 6.54 Å². The van der Waals surface area contributed by atoms with E-state index >= 15 is 0 Å². The number of benzene rings is 1. The summed E-state index contributed by atoms with van der Waals surface area (Å²) in [6.07, 6.45) is 3.57. The van der Waals surface area contributed by atoms with Gasteiger partial charge in [0, 0.05) is 25.0 Å². The monoisotopic (exact) mass is 353 g/mol. The van der Waals surface area contributed by atoms with E-state index in [0.29, 0.717) is 13.1 Å². The molecule has 0 spiro atoms. The number of nitrogens with zero attached hydrogens (tertiary/aromatic N) is 1. The summed E-state index contributed by atoms with van der Waals surface area (Å²) in [7, 11) is 0. The molecule has 0 saturated heterocycles. The Labute approximate surface area is 150 Å². The Bertz CT molecular complexity index is 524. The molecule has 1 aromatic rings. The highest BCUT2D eigenvalue weighted by molar-refractivity contribution is 5.86. The summed E-state index contributed by atoms with van der Waals surface area (Å²) >= 11 is 0. The van der Waals surface area contributed by atoms with Crippen molar-refractivity contribution in [1.82, 2.24) is 10.2 Å². The number of rotatable bonds is 6. The van der Waals surface area contributed by atoms with Crippen LogP contribution in [-0.2, 0) is 16.1 Å². The molecule has 2 unspecified atom stereocenters. The summed E-state index contributed by atoms with van der Waals surface area (Å²) in [5.41, 5.74) is 7.01. The molecule has 1 saturated carbocycles. The predicted molar refractivity (Wildman–Crippen MR) is 97.7 cm³/mol. The van der Waals surface area contributed by atoms with Crippen molar-refractivity contribution < 1.29 is 9.59 Å². The van der Waals surface area contributed by atoms with Gasteiger partial charge in [0.2, 0.25) is 11.8 Å². The van der Waals surface area contributed by atoms with Crippen LogP contribution >= 0.6 is 12.4 Å². The van der Waals surface area contributed by atoms with Crippen molar-refractivity contribution in [3.8, 4) is 0 Å². The minimum absolute atomic E-state index is 0. The highest BCUT2D eigenvalue weighted by atomic mass is 35.5. The van der Waals surface area contributed by atoms with E-state index in [2.05, 4.69) is 5.32 Å². The van der Waals surface area contributed by atoms with Gasteiger partial charge in [-0.3, -0.25) is 9.59 Å². The van der Waals surface area contributed by atoms with Crippen molar-refractivity contribution in [3.63, 3.8) is 0 Å². The van der Waals surface area contributed by atoms with Gasteiger partial charge in [-0.2, -0.15) is 0 Å². The second-order valence-corrected chi connectivity index (χ2v) is 6.23. The zero-order valence-corrected chi connectivity index (χ0v) is 15.1. The smallest absolute Gasteiger partial charge is 0.242 e. The average molecular weight is 354 g/mol. The van der Waals surface area contributed by atoms with Crippen LogP contribution in [0, 0.1) is 5.92 Å². The molecule has 6 heteroatoms. The first kappa shape index (κ1) is 20.5. The highest BCUT2D eigenvalue weighted by Gasteiger charge is 2.25. The molecule has 0 bridgehead atoms. The maximum absolute atomic E-state index is 12.3. The molecule has 0 radical (unpaired) electrons. The fourth-order valence-electron chi connectivity index (χ4n) is 3.06. The van der Waals surface area contributed by atoms with Gasteiger partial charge in [0.25, 0.3) is 0 Å². The van der Waals surface area contributed by atoms with Crippen LogP contribution in [0.1, 0.15) is 38.2 Å². The van der Waals surface area contributed by atoms with E-state index in [1.807, 2.05) is 37.3 Å². The number of carbonyl (C=O) groups excluding carboxylic acids is 2. The normalized spacial score (nSPS) is 19.9. The van der Waals surface area contributed by atoms with Crippen molar-refractivity contribution in [2.45, 2.75) is 45.2 Å². The van der Waals surface area contributed by atoms with Crippen molar-refractivity contribution in [2.24, 2.45) is 11.7 Å². The largest absolute Gasteiger partial charge is 0.347 e. The van der Waals surface area contributed by atoms with Crippen LogP contribution in [0.4, 0.5) is 0 Å². The molecular weight excluding hydrogens is 326 g/mol. The third-order valence-corrected chi connectivity index (χ3v) is 4.45. The van der Waals surface area contributed by atoms with Gasteiger partial charge >= 0.3 is 0 Å². The molecule has 1 fully saturated rings. The first-order valence-corrected chi connectivity index (χ1v) is 8.45. The van der Waals surface area contributed by atoms with Crippen LogP contribution in [0.15, 0.2) is 30.3 Å². The Morgan fingerprint density at radius 3 is 2.58 bits per heavy atom. The Kier molecular flexibility index (Phi) is 8.79. The van der Waals surface area contributed by atoms with Crippen molar-refractivity contribution in [3.05, 3.63) is 35.9 Å². The molecule has 3 N–H and O–H groups in total. The molecule has 1 aliphatic rings. The Balaban J connectivity index is 0.00000288. The lowest BCUT2D eigenvalue weighted by Crippen LogP contribution is -2.43. The summed E-state index contributed by atoms with van der Waals surface area (Å²) in [6.45, 7) is 3.20. The average Bonchev–Trinajstić information content (AvgIpc) is 2.58. The molecular formula is C18H28ClN3O2. The lowest BCUT2D eigenvalue weighted by molar-refractivity contribution is -0.134. The van der Waals surface area contributed by atoms with Crippen molar-refractivity contribution in [1.29, 1.82) is 0 Å². The van der Waals surface area contributed by atoms with Crippen LogP contribution in [0.3, 0.4) is 0 Å². The summed E-state index contributed by atoms with van der Waals surface area (Å²) in [6, 6.07) is 9.98. The highest BCUT2D eigenvalue weighted by Crippen LogP contribution is 2.23. The molecule has 0 aromatic heterocycles. The second-order valence-electron chi connectivity index (χ2n) is 6.23. The number of carbonyl (C=O) groups is 2. The quantitative estimate of drug-likeness (QED) is 0.822. The van der Waals surface area contributed by atoms with E-state index in [1.54, 1.807) is 4.90 Å². The van der Waals surface area contributed by atoms with Gasteiger partial charge in [-0.25, -0.2) is 0 Å². The van der Waals surface area contributed by atoms with E-state index in [-0.39, 0.29) is 42.7 Å². The first-order chi connectivity index (χ1) is 11.1. The number of likely N-dealkylation sites (N-methyl/N-ethyl adjacent to an activating group) is 1. The molecule has 2 rings (SSSR count). The molecule has 1 aromatic carbocycles. The van der Waals surface area contributed by atoms with Crippen LogP contribution in [0.5, 0.6) is 0 Å². The maximum atomic E-state index is 12.3. The zero-order valence-electron chi connectivity index (χ0n) is 14.2. The molecule has 1 aliphatic carbocycles. The van der Waals surface area contributed by atoms with E-state index in [9.17, 15) is 9.59 Å². The number of amides is 2. The lowest BCUT2D eigenvalue weighted by Gasteiger charge is -2.26. The van der Waals surface area contributed by atoms with Gasteiger partial charge in [0.15, 0.2) is 0 Å². The predicted octanol–water partition coefficient (Wildman–Crippen LogP) is 2.09. The molecule has 2 amide bonds. The molecule has 2 atom stereocenters. The van der Waals surface area contributed by atoms with Gasteiger partial charge in [-0.15, -0.1) is 12.4 Å². The lowest BCUT2D eigenvalue weighted by atomic mass is 9.85.